The summed E-state index contributed by atoms with van der Waals surface area (Å²) < 4.78 is 0.647. The molecule has 0 aliphatic carbocycles. The third-order valence-electron chi connectivity index (χ3n) is 0.135. The van der Waals surface area contributed by atoms with Crippen molar-refractivity contribution in [3.05, 3.63) is 0 Å². The molecular weight excluding hydrogens is 181 g/mol. The van der Waals surface area contributed by atoms with Gasteiger partial charge in [-0.25, -0.2) is 0 Å². The Morgan fingerprint density at radius 1 is 1.80 bits per heavy atom. The van der Waals surface area contributed by atoms with E-state index in [0.717, 1.165) is 0 Å². The van der Waals surface area contributed by atoms with E-state index in [2.05, 4.69) is 16.2 Å². The SMILES string of the molecule is NN=NCI. The highest BCUT2D eigenvalue weighted by Gasteiger charge is 1.54. The summed E-state index contributed by atoms with van der Waals surface area (Å²) in [5, 5.41) is 6.33. The fourth-order valence-electron chi connectivity index (χ4n) is 0.0309. The Balaban J connectivity index is 2.62. The molecule has 0 aromatic carbocycles. The maximum atomic E-state index is 4.59. The van der Waals surface area contributed by atoms with Crippen LogP contribution in [-0.2, 0) is 0 Å². The molecule has 30 valence electrons. The lowest BCUT2D eigenvalue weighted by Gasteiger charge is -1.65. The fourth-order valence-corrected chi connectivity index (χ4v) is 0.207. The molecule has 0 unspecified atom stereocenters. The van der Waals surface area contributed by atoms with Gasteiger partial charge in [-0.15, -0.1) is 0 Å². The number of hydrogen-bond acceptors (Lipinski definition) is 2. The summed E-state index contributed by atoms with van der Waals surface area (Å²) in [6, 6.07) is 0. The second-order valence-corrected chi connectivity index (χ2v) is 1.06. The summed E-state index contributed by atoms with van der Waals surface area (Å²) in [5.41, 5.74) is 0. The number of nitrogens with zero attached hydrogens (tertiary/aromatic N) is 2. The van der Waals surface area contributed by atoms with Gasteiger partial charge in [-0.05, 0) is 0 Å². The van der Waals surface area contributed by atoms with Gasteiger partial charge < -0.3 is 5.84 Å². The van der Waals surface area contributed by atoms with Gasteiger partial charge in [-0.2, -0.15) is 5.11 Å². The largest absolute Gasteiger partial charge is 0.305 e. The molecule has 0 aromatic heterocycles. The summed E-state index contributed by atoms with van der Waals surface area (Å²) in [7, 11) is 0. The fraction of sp³-hybridized carbons (Fsp3) is 1.00. The zero-order chi connectivity index (χ0) is 4.12. The minimum Gasteiger partial charge on any atom is -0.305 e. The van der Waals surface area contributed by atoms with Gasteiger partial charge in [0.25, 0.3) is 0 Å². The summed E-state index contributed by atoms with van der Waals surface area (Å²) in [6.45, 7) is 0. The molecule has 0 saturated heterocycles. The lowest BCUT2D eigenvalue weighted by Crippen LogP contribution is -1.72. The first kappa shape index (κ1) is 5.13. The highest BCUT2D eigenvalue weighted by Crippen LogP contribution is 1.77. The second-order valence-electron chi connectivity index (χ2n) is 0.376. The molecule has 0 aliphatic heterocycles. The van der Waals surface area contributed by atoms with Crippen LogP contribution in [0, 0.1) is 0 Å². The zero-order valence-electron chi connectivity index (χ0n) is 2.56. The number of rotatable bonds is 1. The van der Waals surface area contributed by atoms with E-state index in [1.54, 1.807) is 0 Å². The molecule has 0 amide bonds. The predicted octanol–water partition coefficient (Wildman–Crippen LogP) is 0.705. The molecule has 0 fully saturated rings. The molecule has 0 radical (unpaired) electrons. The van der Waals surface area contributed by atoms with E-state index in [1.165, 1.54) is 0 Å². The van der Waals surface area contributed by atoms with Crippen molar-refractivity contribution in [2.45, 2.75) is 0 Å². The number of hydrogen-bond donors (Lipinski definition) is 1. The van der Waals surface area contributed by atoms with Crippen molar-refractivity contribution in [3.63, 3.8) is 0 Å². The van der Waals surface area contributed by atoms with Crippen LogP contribution in [0.25, 0.3) is 0 Å². The van der Waals surface area contributed by atoms with Crippen LogP contribution < -0.4 is 5.84 Å². The van der Waals surface area contributed by atoms with Gasteiger partial charge in [0.05, 0.1) is 0 Å². The predicted molar refractivity (Wildman–Crippen MR) is 27.9 cm³/mol. The molecule has 0 aliphatic rings. The Kier molecular flexibility index (Phi) is 4.24. The molecule has 0 bridgehead atoms. The number of halogens is 1. The third kappa shape index (κ3) is 4.13. The Morgan fingerprint density at radius 3 is 2.40 bits per heavy atom. The van der Waals surface area contributed by atoms with E-state index < -0.39 is 0 Å². The van der Waals surface area contributed by atoms with Crippen molar-refractivity contribution in [2.75, 3.05) is 4.55 Å². The van der Waals surface area contributed by atoms with Crippen LogP contribution in [-0.4, -0.2) is 4.55 Å². The van der Waals surface area contributed by atoms with E-state index in [4.69, 9.17) is 0 Å². The van der Waals surface area contributed by atoms with E-state index in [-0.39, 0.29) is 0 Å². The minimum atomic E-state index is 0.647. The highest BCUT2D eigenvalue weighted by atomic mass is 127. The Hall–Kier alpha value is 0.130. The Bertz CT molecular complexity index is 33.9. The number of nitrogens with two attached hydrogens (primary N) is 1. The average molecular weight is 185 g/mol. The standard InChI is InChI=1S/CH4IN3/c2-1-4-5-3/h1H2,(H2,3,4). The number of alkyl halides is 1. The average Bonchev–Trinajstić information content (AvgIpc) is 1.41. The summed E-state index contributed by atoms with van der Waals surface area (Å²) in [4.78, 5) is 0. The quantitative estimate of drug-likeness (QED) is 0.160. The molecule has 0 saturated carbocycles. The van der Waals surface area contributed by atoms with Crippen LogP contribution in [0.5, 0.6) is 0 Å². The molecule has 0 rings (SSSR count). The van der Waals surface area contributed by atoms with Crippen molar-refractivity contribution >= 4 is 22.6 Å². The van der Waals surface area contributed by atoms with E-state index in [0.29, 0.717) is 4.55 Å². The summed E-state index contributed by atoms with van der Waals surface area (Å²) in [6.07, 6.45) is 0. The highest BCUT2D eigenvalue weighted by molar-refractivity contribution is 14.1. The minimum absolute atomic E-state index is 0.647. The monoisotopic (exact) mass is 185 g/mol. The van der Waals surface area contributed by atoms with Gasteiger partial charge in [-0.3, -0.25) is 0 Å². The molecule has 2 N–H and O–H groups in total. The maximum absolute atomic E-state index is 4.59. The topological polar surface area (TPSA) is 50.7 Å². The van der Waals surface area contributed by atoms with Crippen LogP contribution in [0.1, 0.15) is 0 Å². The van der Waals surface area contributed by atoms with Gasteiger partial charge >= 0.3 is 0 Å². The van der Waals surface area contributed by atoms with Crippen LogP contribution in [0.15, 0.2) is 10.3 Å². The van der Waals surface area contributed by atoms with Gasteiger partial charge in [0, 0.05) is 0 Å². The van der Waals surface area contributed by atoms with Crippen molar-refractivity contribution in [1.29, 1.82) is 0 Å². The Labute approximate surface area is 43.8 Å². The van der Waals surface area contributed by atoms with Crippen molar-refractivity contribution in [1.82, 2.24) is 0 Å². The summed E-state index contributed by atoms with van der Waals surface area (Å²) in [5.74, 6) is 4.59. The molecule has 0 atom stereocenters. The van der Waals surface area contributed by atoms with E-state index >= 15 is 0 Å². The first-order valence-electron chi connectivity index (χ1n) is 1.04. The first-order chi connectivity index (χ1) is 2.41. The maximum Gasteiger partial charge on any atom is 0.113 e. The van der Waals surface area contributed by atoms with Crippen molar-refractivity contribution in [2.24, 2.45) is 16.2 Å². The van der Waals surface area contributed by atoms with Crippen LogP contribution in [0.3, 0.4) is 0 Å². The van der Waals surface area contributed by atoms with E-state index in [9.17, 15) is 0 Å². The Morgan fingerprint density at radius 2 is 2.40 bits per heavy atom. The van der Waals surface area contributed by atoms with Gasteiger partial charge in [0.2, 0.25) is 0 Å². The third-order valence-corrected chi connectivity index (χ3v) is 0.440. The van der Waals surface area contributed by atoms with Crippen LogP contribution in [0.4, 0.5) is 0 Å². The smallest absolute Gasteiger partial charge is 0.113 e. The van der Waals surface area contributed by atoms with E-state index in [1.807, 2.05) is 22.6 Å². The molecule has 4 heteroatoms. The lowest BCUT2D eigenvalue weighted by atomic mass is 11.6. The molecule has 0 heterocycles. The molecule has 0 aromatic rings. The van der Waals surface area contributed by atoms with Crippen molar-refractivity contribution < 1.29 is 0 Å². The van der Waals surface area contributed by atoms with Crippen molar-refractivity contribution in [3.8, 4) is 0 Å². The molecule has 0 spiro atoms. The lowest BCUT2D eigenvalue weighted by molar-refractivity contribution is 1.01. The normalized spacial score (nSPS) is 9.80. The van der Waals surface area contributed by atoms with Crippen LogP contribution in [0.2, 0.25) is 0 Å². The van der Waals surface area contributed by atoms with Gasteiger partial charge in [0.15, 0.2) is 0 Å². The summed E-state index contributed by atoms with van der Waals surface area (Å²) >= 11 is 2.05. The van der Waals surface area contributed by atoms with Gasteiger partial charge in [-0.1, -0.05) is 27.8 Å². The molecule has 3 nitrogen and oxygen atoms in total. The second kappa shape index (κ2) is 4.13. The van der Waals surface area contributed by atoms with Crippen LogP contribution >= 0.6 is 22.6 Å². The zero-order valence-corrected chi connectivity index (χ0v) is 4.71. The first-order valence-corrected chi connectivity index (χ1v) is 2.57. The van der Waals surface area contributed by atoms with Gasteiger partial charge in [0.1, 0.15) is 4.55 Å². The molecule has 5 heavy (non-hydrogen) atoms. The molecular formula is CH4IN3.